The summed E-state index contributed by atoms with van der Waals surface area (Å²) in [5, 5.41) is 12.1. The molecule has 0 bridgehead atoms. The van der Waals surface area contributed by atoms with E-state index in [1.807, 2.05) is 0 Å². The monoisotopic (exact) mass is 291 g/mol. The molecular weight excluding hydrogens is 273 g/mol. The number of allylic oxidation sites excluding steroid dienone is 1. The van der Waals surface area contributed by atoms with Crippen LogP contribution < -0.4 is 5.32 Å². The lowest BCUT2D eigenvalue weighted by molar-refractivity contribution is -0.116. The lowest BCUT2D eigenvalue weighted by atomic mass is 9.89. The summed E-state index contributed by atoms with van der Waals surface area (Å²) in [6, 6.07) is 2.34. The Hall–Kier alpha value is -2.17. The van der Waals surface area contributed by atoms with E-state index in [0.29, 0.717) is 29.6 Å². The van der Waals surface area contributed by atoms with E-state index in [9.17, 15) is 19.1 Å². The van der Waals surface area contributed by atoms with E-state index in [0.717, 1.165) is 18.9 Å². The van der Waals surface area contributed by atoms with Crippen LogP contribution in [0.5, 0.6) is 5.75 Å². The van der Waals surface area contributed by atoms with Gasteiger partial charge in [0.15, 0.2) is 5.78 Å². The number of halogens is 1. The summed E-state index contributed by atoms with van der Waals surface area (Å²) < 4.78 is 13.8. The van der Waals surface area contributed by atoms with E-state index >= 15 is 0 Å². The molecule has 1 amide bonds. The number of phenols is 1. The van der Waals surface area contributed by atoms with Crippen molar-refractivity contribution in [2.75, 3.05) is 5.32 Å². The lowest BCUT2D eigenvalue weighted by Gasteiger charge is -2.18. The third-order valence-corrected chi connectivity index (χ3v) is 3.70. The van der Waals surface area contributed by atoms with Crippen LogP contribution in [0.3, 0.4) is 0 Å². The van der Waals surface area contributed by atoms with Crippen molar-refractivity contribution in [3.05, 3.63) is 34.7 Å². The van der Waals surface area contributed by atoms with Gasteiger partial charge in [0, 0.05) is 17.2 Å². The number of carbonyl (C=O) groups excluding carboxylic acids is 2. The van der Waals surface area contributed by atoms with Crippen LogP contribution in [0, 0.1) is 12.7 Å². The van der Waals surface area contributed by atoms with Crippen LogP contribution in [0.25, 0.3) is 0 Å². The number of aryl methyl sites for hydroxylation is 1. The van der Waals surface area contributed by atoms with Gasteiger partial charge < -0.3 is 10.4 Å². The number of hydrogen-bond donors (Lipinski definition) is 2. The summed E-state index contributed by atoms with van der Waals surface area (Å²) in [7, 11) is 0. The highest BCUT2D eigenvalue weighted by Crippen LogP contribution is 2.29. The Balaban J connectivity index is 2.29. The van der Waals surface area contributed by atoms with E-state index in [4.69, 9.17) is 0 Å². The molecule has 1 aromatic rings. The van der Waals surface area contributed by atoms with Gasteiger partial charge in [0.25, 0.3) is 5.91 Å². The fourth-order valence-electron chi connectivity index (χ4n) is 2.50. The van der Waals surface area contributed by atoms with E-state index in [1.54, 1.807) is 6.92 Å². The van der Waals surface area contributed by atoms with E-state index in [-0.39, 0.29) is 17.2 Å². The zero-order valence-corrected chi connectivity index (χ0v) is 12.1. The van der Waals surface area contributed by atoms with Crippen molar-refractivity contribution in [3.63, 3.8) is 0 Å². The largest absolute Gasteiger partial charge is 0.508 e. The van der Waals surface area contributed by atoms with E-state index < -0.39 is 11.7 Å². The van der Waals surface area contributed by atoms with Gasteiger partial charge >= 0.3 is 0 Å². The molecule has 0 aliphatic heterocycles. The SMILES string of the molecule is CC(=O)C1=C(C(=O)Nc2cc(O)c(C)cc2F)CCCC1. The number of amides is 1. The van der Waals surface area contributed by atoms with Crippen molar-refractivity contribution in [2.45, 2.75) is 39.5 Å². The highest BCUT2D eigenvalue weighted by Gasteiger charge is 2.22. The fourth-order valence-corrected chi connectivity index (χ4v) is 2.50. The number of nitrogens with one attached hydrogen (secondary N) is 1. The van der Waals surface area contributed by atoms with Gasteiger partial charge in [-0.15, -0.1) is 0 Å². The summed E-state index contributed by atoms with van der Waals surface area (Å²) in [4.78, 5) is 23.8. The molecule has 21 heavy (non-hydrogen) atoms. The molecule has 2 rings (SSSR count). The average Bonchev–Trinajstić information content (AvgIpc) is 2.44. The second-order valence-electron chi connectivity index (χ2n) is 5.29. The van der Waals surface area contributed by atoms with Crippen molar-refractivity contribution in [1.82, 2.24) is 0 Å². The van der Waals surface area contributed by atoms with Crippen LogP contribution in [0.2, 0.25) is 0 Å². The van der Waals surface area contributed by atoms with Crippen LogP contribution >= 0.6 is 0 Å². The number of aromatic hydroxyl groups is 1. The second-order valence-corrected chi connectivity index (χ2v) is 5.29. The van der Waals surface area contributed by atoms with Crippen LogP contribution in [0.15, 0.2) is 23.3 Å². The van der Waals surface area contributed by atoms with Gasteiger partial charge in [-0.25, -0.2) is 4.39 Å². The molecule has 0 spiro atoms. The van der Waals surface area contributed by atoms with Gasteiger partial charge in [-0.05, 0) is 51.2 Å². The number of anilines is 1. The smallest absolute Gasteiger partial charge is 0.252 e. The zero-order chi connectivity index (χ0) is 15.6. The van der Waals surface area contributed by atoms with Gasteiger partial charge in [-0.2, -0.15) is 0 Å². The van der Waals surface area contributed by atoms with Gasteiger partial charge in [-0.3, -0.25) is 9.59 Å². The predicted octanol–water partition coefficient (Wildman–Crippen LogP) is 3.24. The summed E-state index contributed by atoms with van der Waals surface area (Å²) in [6.45, 7) is 3.01. The minimum atomic E-state index is -0.612. The van der Waals surface area contributed by atoms with Crippen molar-refractivity contribution in [2.24, 2.45) is 0 Å². The maximum atomic E-state index is 13.8. The highest BCUT2D eigenvalue weighted by molar-refractivity contribution is 6.10. The molecule has 0 heterocycles. The summed E-state index contributed by atoms with van der Waals surface area (Å²) in [5.74, 6) is -1.29. The van der Waals surface area contributed by atoms with Gasteiger partial charge in [0.05, 0.1) is 5.69 Å². The molecule has 0 unspecified atom stereocenters. The first kappa shape index (κ1) is 15.2. The number of rotatable bonds is 3. The third-order valence-electron chi connectivity index (χ3n) is 3.70. The number of carbonyl (C=O) groups is 2. The van der Waals surface area contributed by atoms with Crippen LogP contribution in [0.1, 0.15) is 38.2 Å². The Bertz CT molecular complexity index is 635. The molecule has 1 aliphatic rings. The van der Waals surface area contributed by atoms with Crippen LogP contribution in [-0.2, 0) is 9.59 Å². The van der Waals surface area contributed by atoms with Crippen molar-refractivity contribution in [3.8, 4) is 5.75 Å². The Labute approximate surface area is 122 Å². The predicted molar refractivity (Wildman–Crippen MR) is 77.6 cm³/mol. The molecule has 0 fully saturated rings. The molecule has 1 aromatic carbocycles. The molecule has 0 radical (unpaired) electrons. The summed E-state index contributed by atoms with van der Waals surface area (Å²) in [5.41, 5.74) is 1.26. The van der Waals surface area contributed by atoms with Crippen molar-refractivity contribution < 1.29 is 19.1 Å². The molecule has 5 heteroatoms. The van der Waals surface area contributed by atoms with Gasteiger partial charge in [0.1, 0.15) is 11.6 Å². The molecule has 2 N–H and O–H groups in total. The Morgan fingerprint density at radius 2 is 1.81 bits per heavy atom. The molecule has 1 aliphatic carbocycles. The molecular formula is C16H18FNO3. The third kappa shape index (κ3) is 3.29. The molecule has 0 saturated carbocycles. The standard InChI is InChI=1S/C16H18FNO3/c1-9-7-13(17)14(8-15(9)20)18-16(21)12-6-4-3-5-11(12)10(2)19/h7-8,20H,3-6H2,1-2H3,(H,18,21). The Kier molecular flexibility index (Phi) is 4.40. The number of benzene rings is 1. The van der Waals surface area contributed by atoms with Crippen LogP contribution in [-0.4, -0.2) is 16.8 Å². The highest BCUT2D eigenvalue weighted by atomic mass is 19.1. The first-order chi connectivity index (χ1) is 9.90. The Morgan fingerprint density at radius 1 is 1.19 bits per heavy atom. The van der Waals surface area contributed by atoms with Crippen LogP contribution in [0.4, 0.5) is 10.1 Å². The van der Waals surface area contributed by atoms with Gasteiger partial charge in [0.2, 0.25) is 0 Å². The average molecular weight is 291 g/mol. The minimum Gasteiger partial charge on any atom is -0.508 e. The molecule has 0 atom stereocenters. The Morgan fingerprint density at radius 3 is 2.43 bits per heavy atom. The second kappa shape index (κ2) is 6.08. The van der Waals surface area contributed by atoms with E-state index in [1.165, 1.54) is 13.0 Å². The van der Waals surface area contributed by atoms with Crippen molar-refractivity contribution in [1.29, 1.82) is 0 Å². The van der Waals surface area contributed by atoms with E-state index in [2.05, 4.69) is 5.32 Å². The van der Waals surface area contributed by atoms with Gasteiger partial charge in [-0.1, -0.05) is 0 Å². The number of phenolic OH excluding ortho intramolecular Hbond substituents is 1. The first-order valence-electron chi connectivity index (χ1n) is 6.93. The van der Waals surface area contributed by atoms with Crippen molar-refractivity contribution >= 4 is 17.4 Å². The zero-order valence-electron chi connectivity index (χ0n) is 12.1. The quantitative estimate of drug-likeness (QED) is 0.898. The maximum absolute atomic E-state index is 13.8. The normalized spacial score (nSPS) is 15.0. The minimum absolute atomic E-state index is 0.0796. The number of hydrogen-bond acceptors (Lipinski definition) is 3. The first-order valence-corrected chi connectivity index (χ1v) is 6.93. The summed E-state index contributed by atoms with van der Waals surface area (Å²) in [6.07, 6.45) is 2.81. The molecule has 112 valence electrons. The molecule has 0 saturated heterocycles. The number of ketones is 1. The topological polar surface area (TPSA) is 66.4 Å². The molecule has 4 nitrogen and oxygen atoms in total. The molecule has 0 aromatic heterocycles. The number of Topliss-reactive ketones (excluding diaryl/α,β-unsaturated/α-hetero) is 1. The summed E-state index contributed by atoms with van der Waals surface area (Å²) >= 11 is 0. The maximum Gasteiger partial charge on any atom is 0.252 e. The fraction of sp³-hybridized carbons (Fsp3) is 0.375. The lowest BCUT2D eigenvalue weighted by Crippen LogP contribution is -2.21.